The number of carbonyl (C=O) groups is 1. The summed E-state index contributed by atoms with van der Waals surface area (Å²) in [5, 5.41) is 2.70. The summed E-state index contributed by atoms with van der Waals surface area (Å²) >= 11 is 3.19. The Hall–Kier alpha value is -3.12. The number of fused-ring (bicyclic) bond motifs is 3. The highest BCUT2D eigenvalue weighted by Gasteiger charge is 2.11. The van der Waals surface area contributed by atoms with Gasteiger partial charge in [0.2, 0.25) is 0 Å². The predicted molar refractivity (Wildman–Crippen MR) is 105 cm³/mol. The van der Waals surface area contributed by atoms with Crippen LogP contribution in [0.15, 0.2) is 79.0 Å². The van der Waals surface area contributed by atoms with E-state index < -0.39 is 11.6 Å². The highest BCUT2D eigenvalue weighted by atomic mass is 79.9. The zero-order chi connectivity index (χ0) is 18.8. The van der Waals surface area contributed by atoms with E-state index in [1.165, 1.54) is 18.2 Å². The van der Waals surface area contributed by atoms with Crippen molar-refractivity contribution in [2.24, 2.45) is 0 Å². The summed E-state index contributed by atoms with van der Waals surface area (Å²) in [4.78, 5) is 23.9. The second-order valence-electron chi connectivity index (χ2n) is 5.83. The van der Waals surface area contributed by atoms with E-state index >= 15 is 0 Å². The maximum absolute atomic E-state index is 12.0. The average Bonchev–Trinajstić information content (AvgIpc) is 3.09. The highest BCUT2D eigenvalue weighted by Crippen LogP contribution is 2.27. The maximum atomic E-state index is 12.0. The molecule has 0 aliphatic rings. The Morgan fingerprint density at radius 2 is 1.93 bits per heavy atom. The third kappa shape index (κ3) is 3.71. The van der Waals surface area contributed by atoms with Crippen LogP contribution in [0.5, 0.6) is 0 Å². The van der Waals surface area contributed by atoms with Crippen molar-refractivity contribution >= 4 is 49.7 Å². The van der Waals surface area contributed by atoms with Crippen molar-refractivity contribution in [1.29, 1.82) is 0 Å². The molecule has 0 saturated heterocycles. The molecule has 4 aromatic rings. The molecule has 2 heterocycles. The van der Waals surface area contributed by atoms with Gasteiger partial charge in [-0.1, -0.05) is 30.3 Å². The lowest BCUT2D eigenvalue weighted by Gasteiger charge is -2.08. The molecule has 6 heteroatoms. The van der Waals surface area contributed by atoms with Crippen LogP contribution < -0.4 is 5.63 Å². The fourth-order valence-electron chi connectivity index (χ4n) is 2.90. The summed E-state index contributed by atoms with van der Waals surface area (Å²) in [6, 6.07) is 16.2. The van der Waals surface area contributed by atoms with Gasteiger partial charge in [0.05, 0.1) is 0 Å². The molecule has 0 amide bonds. The first-order chi connectivity index (χ1) is 13.1. The van der Waals surface area contributed by atoms with Crippen LogP contribution in [-0.4, -0.2) is 5.97 Å². The van der Waals surface area contributed by atoms with Crippen LogP contribution in [-0.2, 0) is 16.1 Å². The van der Waals surface area contributed by atoms with Crippen molar-refractivity contribution < 1.29 is 18.4 Å². The third-order valence-corrected chi connectivity index (χ3v) is 4.49. The molecule has 0 bridgehead atoms. The van der Waals surface area contributed by atoms with Crippen molar-refractivity contribution in [2.45, 2.75) is 6.61 Å². The smallest absolute Gasteiger partial charge is 0.336 e. The summed E-state index contributed by atoms with van der Waals surface area (Å²) in [5.74, 6) is -0.0141. The van der Waals surface area contributed by atoms with Crippen molar-refractivity contribution in [3.63, 3.8) is 0 Å². The Morgan fingerprint density at radius 1 is 1.07 bits per heavy atom. The number of esters is 1. The van der Waals surface area contributed by atoms with Gasteiger partial charge in [0.25, 0.3) is 0 Å². The monoisotopic (exact) mass is 424 g/mol. The second kappa shape index (κ2) is 7.25. The second-order valence-corrected chi connectivity index (χ2v) is 6.62. The van der Waals surface area contributed by atoms with Crippen LogP contribution in [0.3, 0.4) is 0 Å². The van der Waals surface area contributed by atoms with Crippen LogP contribution in [0.4, 0.5) is 0 Å². The Bertz CT molecular complexity index is 1230. The van der Waals surface area contributed by atoms with Gasteiger partial charge in [-0.2, -0.15) is 0 Å². The SMILES string of the molecule is O=C(/C=C/c1ccc(Br)o1)OCc1cc(=O)oc2ccc3ccccc3c12. The molecule has 2 aromatic carbocycles. The minimum Gasteiger partial charge on any atom is -0.458 e. The largest absolute Gasteiger partial charge is 0.458 e. The Labute approximate surface area is 162 Å². The third-order valence-electron chi connectivity index (χ3n) is 4.06. The van der Waals surface area contributed by atoms with E-state index in [9.17, 15) is 9.59 Å². The number of hydrogen-bond acceptors (Lipinski definition) is 5. The number of halogens is 1. The van der Waals surface area contributed by atoms with Gasteiger partial charge in [-0.05, 0) is 51.0 Å². The van der Waals surface area contributed by atoms with Gasteiger partial charge in [-0.3, -0.25) is 0 Å². The van der Waals surface area contributed by atoms with Crippen molar-refractivity contribution in [2.75, 3.05) is 0 Å². The normalized spacial score (nSPS) is 11.4. The van der Waals surface area contributed by atoms with E-state index in [0.717, 1.165) is 16.2 Å². The van der Waals surface area contributed by atoms with Gasteiger partial charge in [-0.25, -0.2) is 9.59 Å². The molecule has 0 unspecified atom stereocenters. The number of carbonyl (C=O) groups excluding carboxylic acids is 1. The zero-order valence-electron chi connectivity index (χ0n) is 14.0. The first-order valence-electron chi connectivity index (χ1n) is 8.15. The Balaban J connectivity index is 1.63. The molecule has 5 nitrogen and oxygen atoms in total. The Kier molecular flexibility index (Phi) is 4.64. The lowest BCUT2D eigenvalue weighted by Crippen LogP contribution is -2.06. The van der Waals surface area contributed by atoms with Crippen LogP contribution in [0.25, 0.3) is 27.8 Å². The predicted octanol–water partition coefficient (Wildman–Crippen LogP) is 5.06. The van der Waals surface area contributed by atoms with Gasteiger partial charge in [-0.15, -0.1) is 0 Å². The lowest BCUT2D eigenvalue weighted by molar-refractivity contribution is -0.138. The lowest BCUT2D eigenvalue weighted by atomic mass is 10.0. The van der Waals surface area contributed by atoms with E-state index in [-0.39, 0.29) is 6.61 Å². The van der Waals surface area contributed by atoms with Gasteiger partial charge in [0.1, 0.15) is 18.0 Å². The molecule has 0 radical (unpaired) electrons. The quantitative estimate of drug-likeness (QED) is 0.198. The molecule has 27 heavy (non-hydrogen) atoms. The van der Waals surface area contributed by atoms with Gasteiger partial charge >= 0.3 is 11.6 Å². The fraction of sp³-hybridized carbons (Fsp3) is 0.0476. The number of rotatable bonds is 4. The summed E-state index contributed by atoms with van der Waals surface area (Å²) < 4.78 is 16.5. The molecule has 0 fully saturated rings. The van der Waals surface area contributed by atoms with Crippen molar-refractivity contribution in [1.82, 2.24) is 0 Å². The molecular formula is C21H13BrO5. The topological polar surface area (TPSA) is 69.7 Å². The van der Waals surface area contributed by atoms with Crippen LogP contribution in [0.2, 0.25) is 0 Å². The zero-order valence-corrected chi connectivity index (χ0v) is 15.6. The molecule has 4 rings (SSSR count). The first kappa shape index (κ1) is 17.3. The summed E-state index contributed by atoms with van der Waals surface area (Å²) in [7, 11) is 0. The standard InChI is InChI=1S/C21H13BrO5/c22-18-9-6-15(26-18)7-10-19(23)25-12-14-11-20(24)27-17-8-5-13-3-1-2-4-16(13)21(14)17/h1-11H,12H2/b10-7+. The van der Waals surface area contributed by atoms with Crippen LogP contribution in [0.1, 0.15) is 11.3 Å². The fourth-order valence-corrected chi connectivity index (χ4v) is 3.22. The molecule has 0 aliphatic heterocycles. The first-order valence-corrected chi connectivity index (χ1v) is 8.94. The number of hydrogen-bond donors (Lipinski definition) is 0. The molecular weight excluding hydrogens is 412 g/mol. The van der Waals surface area contributed by atoms with Crippen LogP contribution >= 0.6 is 15.9 Å². The maximum Gasteiger partial charge on any atom is 0.336 e. The molecule has 2 aromatic heterocycles. The van der Waals surface area contributed by atoms with Crippen LogP contribution in [0, 0.1) is 0 Å². The number of benzene rings is 2. The summed E-state index contributed by atoms with van der Waals surface area (Å²) in [5.41, 5.74) is 0.573. The average molecular weight is 425 g/mol. The van der Waals surface area contributed by atoms with Crippen molar-refractivity contribution in [3.05, 3.63) is 87.1 Å². The molecule has 0 saturated carbocycles. The van der Waals surface area contributed by atoms with Gasteiger partial charge in [0, 0.05) is 23.1 Å². The Morgan fingerprint density at radius 3 is 2.74 bits per heavy atom. The molecule has 134 valence electrons. The molecule has 0 aliphatic carbocycles. The van der Waals surface area contributed by atoms with E-state index in [1.807, 2.05) is 30.3 Å². The van der Waals surface area contributed by atoms with Gasteiger partial charge in [0.15, 0.2) is 4.67 Å². The highest BCUT2D eigenvalue weighted by molar-refractivity contribution is 9.10. The van der Waals surface area contributed by atoms with E-state index in [1.54, 1.807) is 18.2 Å². The van der Waals surface area contributed by atoms with Gasteiger partial charge < -0.3 is 13.6 Å². The van der Waals surface area contributed by atoms with E-state index in [2.05, 4.69) is 15.9 Å². The molecule has 0 N–H and O–H groups in total. The summed E-state index contributed by atoms with van der Waals surface area (Å²) in [6.07, 6.45) is 2.79. The molecule has 0 atom stereocenters. The number of furan rings is 1. The van der Waals surface area contributed by atoms with Crippen molar-refractivity contribution in [3.8, 4) is 0 Å². The minimum absolute atomic E-state index is 0.0405. The molecule has 0 spiro atoms. The van der Waals surface area contributed by atoms with E-state index in [4.69, 9.17) is 13.6 Å². The number of ether oxygens (including phenoxy) is 1. The summed E-state index contributed by atoms with van der Waals surface area (Å²) in [6.45, 7) is -0.0405. The van der Waals surface area contributed by atoms with E-state index in [0.29, 0.717) is 21.6 Å². The minimum atomic E-state index is -0.538.